The largest absolute Gasteiger partial charge is 0.417 e. The quantitative estimate of drug-likeness (QED) is 0.725. The SMILES string of the molecule is CSc1ccc(NC2CCN(COC(C)(C)C)CC2)cc1C(F)(F)F. The van der Waals surface area contributed by atoms with Gasteiger partial charge in [0.2, 0.25) is 0 Å². The highest BCUT2D eigenvalue weighted by atomic mass is 32.2. The molecule has 25 heavy (non-hydrogen) atoms. The zero-order chi connectivity index (χ0) is 18.7. The maximum Gasteiger partial charge on any atom is 0.417 e. The van der Waals surface area contributed by atoms with Crippen LogP contribution in [0.15, 0.2) is 23.1 Å². The smallest absolute Gasteiger partial charge is 0.382 e. The molecule has 0 saturated carbocycles. The fourth-order valence-corrected chi connectivity index (χ4v) is 3.35. The van der Waals surface area contributed by atoms with Crippen molar-refractivity contribution in [1.29, 1.82) is 0 Å². The third-order valence-electron chi connectivity index (χ3n) is 4.14. The summed E-state index contributed by atoms with van der Waals surface area (Å²) in [4.78, 5) is 2.49. The summed E-state index contributed by atoms with van der Waals surface area (Å²) in [6.45, 7) is 8.43. The van der Waals surface area contributed by atoms with Gasteiger partial charge in [-0.05, 0) is 58.1 Å². The molecule has 0 unspecified atom stereocenters. The zero-order valence-electron chi connectivity index (χ0n) is 15.2. The Balaban J connectivity index is 1.92. The van der Waals surface area contributed by atoms with Crippen LogP contribution < -0.4 is 5.32 Å². The van der Waals surface area contributed by atoms with Crippen LogP contribution in [0.25, 0.3) is 0 Å². The lowest BCUT2D eigenvalue weighted by molar-refractivity contribution is -0.139. The van der Waals surface area contributed by atoms with E-state index < -0.39 is 11.7 Å². The van der Waals surface area contributed by atoms with Crippen LogP contribution in [-0.2, 0) is 10.9 Å². The molecular formula is C18H27F3N2OS. The molecule has 1 N–H and O–H groups in total. The number of thioether (sulfide) groups is 1. The van der Waals surface area contributed by atoms with Crippen molar-refractivity contribution in [2.24, 2.45) is 0 Å². The monoisotopic (exact) mass is 376 g/mol. The molecule has 0 atom stereocenters. The van der Waals surface area contributed by atoms with Gasteiger partial charge in [0.1, 0.15) is 0 Å². The van der Waals surface area contributed by atoms with Crippen molar-refractivity contribution >= 4 is 17.4 Å². The summed E-state index contributed by atoms with van der Waals surface area (Å²) in [5.74, 6) is 0. The highest BCUT2D eigenvalue weighted by Gasteiger charge is 2.33. The van der Waals surface area contributed by atoms with E-state index in [1.165, 1.54) is 6.07 Å². The van der Waals surface area contributed by atoms with Gasteiger partial charge in [-0.15, -0.1) is 11.8 Å². The molecule has 2 rings (SSSR count). The van der Waals surface area contributed by atoms with Gasteiger partial charge in [0, 0.05) is 29.7 Å². The minimum atomic E-state index is -4.33. The Bertz CT molecular complexity index is 564. The Morgan fingerprint density at radius 2 is 1.84 bits per heavy atom. The minimum absolute atomic E-state index is 0.165. The average molecular weight is 376 g/mol. The van der Waals surface area contributed by atoms with E-state index in [1.807, 2.05) is 20.8 Å². The number of anilines is 1. The van der Waals surface area contributed by atoms with E-state index in [0.29, 0.717) is 12.4 Å². The van der Waals surface area contributed by atoms with E-state index in [0.717, 1.165) is 37.7 Å². The summed E-state index contributed by atoms with van der Waals surface area (Å²) >= 11 is 1.12. The Labute approximate surface area is 152 Å². The second kappa shape index (κ2) is 8.18. The van der Waals surface area contributed by atoms with Gasteiger partial charge < -0.3 is 10.1 Å². The van der Waals surface area contributed by atoms with E-state index >= 15 is 0 Å². The molecule has 0 bridgehead atoms. The average Bonchev–Trinajstić information content (AvgIpc) is 2.52. The lowest BCUT2D eigenvalue weighted by Gasteiger charge is -2.34. The summed E-state index contributed by atoms with van der Waals surface area (Å²) in [6.07, 6.45) is -0.894. The van der Waals surface area contributed by atoms with Crippen LogP contribution in [0.4, 0.5) is 18.9 Å². The predicted octanol–water partition coefficient (Wildman–Crippen LogP) is 5.08. The van der Waals surface area contributed by atoms with E-state index in [4.69, 9.17) is 4.74 Å². The normalized spacial score (nSPS) is 17.7. The first kappa shape index (κ1) is 20.4. The molecular weight excluding hydrogens is 349 g/mol. The first-order valence-electron chi connectivity index (χ1n) is 8.46. The van der Waals surface area contributed by atoms with Crippen molar-refractivity contribution in [1.82, 2.24) is 4.90 Å². The number of nitrogens with zero attached hydrogens (tertiary/aromatic N) is 1. The first-order chi connectivity index (χ1) is 11.6. The van der Waals surface area contributed by atoms with E-state index in [9.17, 15) is 13.2 Å². The number of nitrogens with one attached hydrogen (secondary N) is 1. The predicted molar refractivity (Wildman–Crippen MR) is 97.1 cm³/mol. The van der Waals surface area contributed by atoms with Crippen molar-refractivity contribution in [3.05, 3.63) is 23.8 Å². The third-order valence-corrected chi connectivity index (χ3v) is 4.94. The second-order valence-electron chi connectivity index (χ2n) is 7.34. The van der Waals surface area contributed by atoms with Gasteiger partial charge in [-0.25, -0.2) is 0 Å². The number of alkyl halides is 3. The summed E-state index contributed by atoms with van der Waals surface area (Å²) in [5, 5.41) is 3.26. The molecule has 0 amide bonds. The summed E-state index contributed by atoms with van der Waals surface area (Å²) in [5.41, 5.74) is -0.196. The molecule has 1 heterocycles. The fourth-order valence-electron chi connectivity index (χ4n) is 2.75. The van der Waals surface area contributed by atoms with Gasteiger partial charge in [-0.2, -0.15) is 13.2 Å². The first-order valence-corrected chi connectivity index (χ1v) is 9.69. The lowest BCUT2D eigenvalue weighted by atomic mass is 10.0. The van der Waals surface area contributed by atoms with E-state index in [2.05, 4.69) is 10.2 Å². The minimum Gasteiger partial charge on any atom is -0.382 e. The molecule has 1 aromatic carbocycles. The molecule has 142 valence electrons. The summed E-state index contributed by atoms with van der Waals surface area (Å²) in [6, 6.07) is 4.69. The molecule has 1 saturated heterocycles. The van der Waals surface area contributed by atoms with Gasteiger partial charge in [0.25, 0.3) is 0 Å². The van der Waals surface area contributed by atoms with Crippen molar-refractivity contribution in [2.75, 3.05) is 31.4 Å². The van der Waals surface area contributed by atoms with Crippen LogP contribution in [-0.4, -0.2) is 42.6 Å². The second-order valence-corrected chi connectivity index (χ2v) is 8.18. The van der Waals surface area contributed by atoms with Gasteiger partial charge in [-0.1, -0.05) is 0 Å². The molecule has 0 aliphatic carbocycles. The highest BCUT2D eigenvalue weighted by Crippen LogP contribution is 2.37. The van der Waals surface area contributed by atoms with Crippen molar-refractivity contribution in [3.63, 3.8) is 0 Å². The van der Waals surface area contributed by atoms with Crippen molar-refractivity contribution in [2.45, 2.75) is 56.3 Å². The molecule has 0 radical (unpaired) electrons. The number of ether oxygens (including phenoxy) is 1. The number of rotatable bonds is 5. The number of hydrogen-bond acceptors (Lipinski definition) is 4. The van der Waals surface area contributed by atoms with Crippen LogP contribution in [0.3, 0.4) is 0 Å². The molecule has 7 heteroatoms. The number of benzene rings is 1. The van der Waals surface area contributed by atoms with Crippen LogP contribution in [0.5, 0.6) is 0 Å². The van der Waals surface area contributed by atoms with Gasteiger partial charge in [0.05, 0.1) is 17.9 Å². The highest BCUT2D eigenvalue weighted by molar-refractivity contribution is 7.98. The lowest BCUT2D eigenvalue weighted by Crippen LogP contribution is -2.41. The molecule has 1 fully saturated rings. The Kier molecular flexibility index (Phi) is 6.68. The zero-order valence-corrected chi connectivity index (χ0v) is 16.1. The summed E-state index contributed by atoms with van der Waals surface area (Å²) in [7, 11) is 0. The van der Waals surface area contributed by atoms with Crippen molar-refractivity contribution < 1.29 is 17.9 Å². The number of hydrogen-bond donors (Lipinski definition) is 1. The fraction of sp³-hybridized carbons (Fsp3) is 0.667. The van der Waals surface area contributed by atoms with Crippen molar-refractivity contribution in [3.8, 4) is 0 Å². The van der Waals surface area contributed by atoms with E-state index in [1.54, 1.807) is 18.4 Å². The molecule has 1 aliphatic rings. The number of likely N-dealkylation sites (tertiary alicyclic amines) is 1. The van der Waals surface area contributed by atoms with Crippen LogP contribution in [0.2, 0.25) is 0 Å². The maximum absolute atomic E-state index is 13.2. The summed E-state index contributed by atoms with van der Waals surface area (Å²) < 4.78 is 45.3. The van der Waals surface area contributed by atoms with Crippen LogP contribution >= 0.6 is 11.8 Å². The number of halogens is 3. The molecule has 0 spiro atoms. The van der Waals surface area contributed by atoms with E-state index in [-0.39, 0.29) is 16.5 Å². The molecule has 0 aromatic heterocycles. The maximum atomic E-state index is 13.2. The Morgan fingerprint density at radius 1 is 1.20 bits per heavy atom. The van der Waals surface area contributed by atoms with Crippen LogP contribution in [0, 0.1) is 0 Å². The van der Waals surface area contributed by atoms with Crippen LogP contribution in [0.1, 0.15) is 39.2 Å². The molecule has 3 nitrogen and oxygen atoms in total. The Morgan fingerprint density at radius 3 is 2.36 bits per heavy atom. The van der Waals surface area contributed by atoms with Gasteiger partial charge in [-0.3, -0.25) is 4.90 Å². The van der Waals surface area contributed by atoms with Gasteiger partial charge >= 0.3 is 6.18 Å². The standard InChI is InChI=1S/C18H27F3N2OS/c1-17(2,3)24-12-23-9-7-13(8-10-23)22-14-5-6-16(25-4)15(11-14)18(19,20)21/h5-6,11,13,22H,7-10,12H2,1-4H3. The van der Waals surface area contributed by atoms with Gasteiger partial charge in [0.15, 0.2) is 0 Å². The number of piperidine rings is 1. The topological polar surface area (TPSA) is 24.5 Å². The molecule has 1 aromatic rings. The third kappa shape index (κ3) is 6.38. The Hall–Kier alpha value is -0.920. The molecule has 1 aliphatic heterocycles.